The fourth-order valence-corrected chi connectivity index (χ4v) is 2.95. The number of hydrogen-bond donors (Lipinski definition) is 1. The van der Waals surface area contributed by atoms with Gasteiger partial charge in [0.15, 0.2) is 0 Å². The predicted molar refractivity (Wildman–Crippen MR) is 95.3 cm³/mol. The average Bonchev–Trinajstić information content (AvgIpc) is 3.38. The number of hydrogen-bond acceptors (Lipinski definition) is 6. The summed E-state index contributed by atoms with van der Waals surface area (Å²) in [6.45, 7) is 4.19. The van der Waals surface area contributed by atoms with Gasteiger partial charge < -0.3 is 13.3 Å². The highest BCUT2D eigenvalue weighted by Crippen LogP contribution is 2.26. The van der Waals surface area contributed by atoms with Crippen LogP contribution in [0.4, 0.5) is 0 Å². The van der Waals surface area contributed by atoms with Gasteiger partial charge in [0.05, 0.1) is 24.4 Å². The van der Waals surface area contributed by atoms with E-state index in [2.05, 4.69) is 27.6 Å². The summed E-state index contributed by atoms with van der Waals surface area (Å²) >= 11 is 0. The van der Waals surface area contributed by atoms with Gasteiger partial charge in [-0.1, -0.05) is 30.3 Å². The monoisotopic (exact) mass is 349 g/mol. The maximum absolute atomic E-state index is 5.79. The number of aryl methyl sites for hydroxylation is 2. The molecule has 0 radical (unpaired) electrons. The van der Waals surface area contributed by atoms with Crippen LogP contribution < -0.4 is 5.32 Å². The molecule has 0 fully saturated rings. The molecular formula is C20H19N3O3. The van der Waals surface area contributed by atoms with Crippen LogP contribution in [-0.4, -0.2) is 10.2 Å². The van der Waals surface area contributed by atoms with E-state index < -0.39 is 0 Å². The van der Waals surface area contributed by atoms with Crippen molar-refractivity contribution in [2.24, 2.45) is 0 Å². The van der Waals surface area contributed by atoms with Crippen LogP contribution in [0.15, 0.2) is 68.0 Å². The van der Waals surface area contributed by atoms with Crippen LogP contribution in [0.5, 0.6) is 0 Å². The van der Waals surface area contributed by atoms with E-state index in [4.69, 9.17) is 13.3 Å². The van der Waals surface area contributed by atoms with Crippen LogP contribution >= 0.6 is 0 Å². The van der Waals surface area contributed by atoms with Gasteiger partial charge in [0.25, 0.3) is 5.89 Å². The van der Waals surface area contributed by atoms with Crippen molar-refractivity contribution in [1.82, 2.24) is 15.5 Å². The lowest BCUT2D eigenvalue weighted by molar-refractivity contribution is 0.416. The van der Waals surface area contributed by atoms with Crippen LogP contribution in [0.25, 0.3) is 11.5 Å². The molecule has 0 aliphatic heterocycles. The van der Waals surface area contributed by atoms with E-state index in [1.54, 1.807) is 6.26 Å². The van der Waals surface area contributed by atoms with E-state index in [-0.39, 0.29) is 6.04 Å². The van der Waals surface area contributed by atoms with E-state index in [0.717, 1.165) is 28.4 Å². The summed E-state index contributed by atoms with van der Waals surface area (Å²) < 4.78 is 16.9. The summed E-state index contributed by atoms with van der Waals surface area (Å²) in [5, 5.41) is 11.7. The van der Waals surface area contributed by atoms with Gasteiger partial charge in [0.1, 0.15) is 17.3 Å². The Morgan fingerprint density at radius 1 is 1.00 bits per heavy atom. The van der Waals surface area contributed by atoms with E-state index in [9.17, 15) is 0 Å². The molecule has 1 aromatic carbocycles. The van der Waals surface area contributed by atoms with Crippen LogP contribution in [0, 0.1) is 13.8 Å². The van der Waals surface area contributed by atoms with Gasteiger partial charge >= 0.3 is 0 Å². The highest BCUT2D eigenvalue weighted by molar-refractivity contribution is 5.55. The molecule has 4 rings (SSSR count). The molecule has 3 aromatic heterocycles. The zero-order chi connectivity index (χ0) is 17.9. The molecule has 1 atom stereocenters. The van der Waals surface area contributed by atoms with Gasteiger partial charge in [-0.2, -0.15) is 0 Å². The number of nitrogens with zero attached hydrogens (tertiary/aromatic N) is 2. The Morgan fingerprint density at radius 3 is 2.54 bits per heavy atom. The quantitative estimate of drug-likeness (QED) is 0.555. The molecular weight excluding hydrogens is 330 g/mol. The lowest BCUT2D eigenvalue weighted by Crippen LogP contribution is -2.21. The first-order valence-electron chi connectivity index (χ1n) is 8.42. The second-order valence-electron chi connectivity index (χ2n) is 6.07. The van der Waals surface area contributed by atoms with Gasteiger partial charge in [-0.3, -0.25) is 5.32 Å². The lowest BCUT2D eigenvalue weighted by Gasteiger charge is -2.15. The van der Waals surface area contributed by atoms with Crippen molar-refractivity contribution in [3.8, 4) is 11.5 Å². The lowest BCUT2D eigenvalue weighted by atomic mass is 10.0. The molecule has 26 heavy (non-hydrogen) atoms. The predicted octanol–water partition coefficient (Wildman–Crippen LogP) is 4.42. The standard InChI is InChI=1S/C20H19N3O3/c1-13-11-16(14(2)25-13)20-23-22-18(26-20)12-21-19(17-9-6-10-24-17)15-7-4-3-5-8-15/h3-11,19,21H,12H2,1-2H3/t19-/m0/s1. The summed E-state index contributed by atoms with van der Waals surface area (Å²) in [4.78, 5) is 0. The topological polar surface area (TPSA) is 77.2 Å². The third-order valence-electron chi connectivity index (χ3n) is 4.16. The first-order chi connectivity index (χ1) is 12.7. The maximum Gasteiger partial charge on any atom is 0.251 e. The second-order valence-corrected chi connectivity index (χ2v) is 6.07. The molecule has 6 heteroatoms. The van der Waals surface area contributed by atoms with Crippen LogP contribution in [0.1, 0.15) is 34.8 Å². The molecule has 0 unspecified atom stereocenters. The molecule has 132 valence electrons. The smallest absolute Gasteiger partial charge is 0.251 e. The molecule has 0 aliphatic carbocycles. The third kappa shape index (κ3) is 3.32. The Morgan fingerprint density at radius 2 is 1.85 bits per heavy atom. The summed E-state index contributed by atoms with van der Waals surface area (Å²) in [6, 6.07) is 15.7. The minimum Gasteiger partial charge on any atom is -0.467 e. The fraction of sp³-hybridized carbons (Fsp3) is 0.200. The molecule has 1 N–H and O–H groups in total. The van der Waals surface area contributed by atoms with Gasteiger partial charge in [-0.25, -0.2) is 0 Å². The minimum atomic E-state index is -0.0977. The Labute approximate surface area is 150 Å². The molecule has 6 nitrogen and oxygen atoms in total. The SMILES string of the molecule is Cc1cc(-c2nnc(CN[C@@H](c3ccccc3)c3ccco3)o2)c(C)o1. The minimum absolute atomic E-state index is 0.0977. The first-order valence-corrected chi connectivity index (χ1v) is 8.42. The van der Waals surface area contributed by atoms with Crippen molar-refractivity contribution in [1.29, 1.82) is 0 Å². The normalized spacial score (nSPS) is 12.4. The molecule has 4 aromatic rings. The van der Waals surface area contributed by atoms with Crippen LogP contribution in [-0.2, 0) is 6.54 Å². The Kier molecular flexibility index (Phi) is 4.41. The number of rotatable bonds is 6. The number of furan rings is 2. The highest BCUT2D eigenvalue weighted by Gasteiger charge is 2.19. The van der Waals surface area contributed by atoms with Gasteiger partial charge in [0, 0.05) is 0 Å². The molecule has 0 saturated carbocycles. The van der Waals surface area contributed by atoms with Crippen LogP contribution in [0.2, 0.25) is 0 Å². The number of aromatic nitrogens is 2. The largest absolute Gasteiger partial charge is 0.467 e. The zero-order valence-corrected chi connectivity index (χ0v) is 14.6. The Hall–Kier alpha value is -3.12. The van der Waals surface area contributed by atoms with Gasteiger partial charge in [-0.15, -0.1) is 10.2 Å². The Bertz CT molecular complexity index is 971. The van der Waals surface area contributed by atoms with E-state index in [0.29, 0.717) is 18.3 Å². The summed E-state index contributed by atoms with van der Waals surface area (Å²) in [5.41, 5.74) is 1.93. The van der Waals surface area contributed by atoms with Crippen molar-refractivity contribution in [2.45, 2.75) is 26.4 Å². The molecule has 0 spiro atoms. The number of benzene rings is 1. The fourth-order valence-electron chi connectivity index (χ4n) is 2.95. The van der Waals surface area contributed by atoms with Gasteiger partial charge in [-0.05, 0) is 37.6 Å². The summed E-state index contributed by atoms with van der Waals surface area (Å²) in [7, 11) is 0. The molecule has 0 saturated heterocycles. The second kappa shape index (κ2) is 7.01. The van der Waals surface area contributed by atoms with E-state index in [1.165, 1.54) is 0 Å². The third-order valence-corrected chi connectivity index (χ3v) is 4.16. The summed E-state index contributed by atoms with van der Waals surface area (Å²) in [5.74, 6) is 3.38. The van der Waals surface area contributed by atoms with Crippen LogP contribution in [0.3, 0.4) is 0 Å². The van der Waals surface area contributed by atoms with Crippen molar-refractivity contribution < 1.29 is 13.3 Å². The average molecular weight is 349 g/mol. The molecule has 0 aliphatic rings. The van der Waals surface area contributed by atoms with Crippen molar-refractivity contribution in [2.75, 3.05) is 0 Å². The Balaban J connectivity index is 1.53. The maximum atomic E-state index is 5.79. The molecule has 3 heterocycles. The van der Waals surface area contributed by atoms with Crippen molar-refractivity contribution in [3.63, 3.8) is 0 Å². The number of nitrogens with one attached hydrogen (secondary N) is 1. The zero-order valence-electron chi connectivity index (χ0n) is 14.6. The highest BCUT2D eigenvalue weighted by atomic mass is 16.4. The first kappa shape index (κ1) is 16.4. The van der Waals surface area contributed by atoms with Gasteiger partial charge in [0.2, 0.25) is 5.89 Å². The molecule has 0 bridgehead atoms. The van der Waals surface area contributed by atoms with Crippen molar-refractivity contribution in [3.05, 3.63) is 83.5 Å². The molecule has 0 amide bonds. The van der Waals surface area contributed by atoms with Crippen molar-refractivity contribution >= 4 is 0 Å². The summed E-state index contributed by atoms with van der Waals surface area (Å²) in [6.07, 6.45) is 1.67. The van der Waals surface area contributed by atoms with E-state index >= 15 is 0 Å². The van der Waals surface area contributed by atoms with E-state index in [1.807, 2.05) is 50.2 Å².